The molecule has 7 N–H and O–H groups in total. The molecule has 1 aliphatic rings. The largest absolute Gasteiger partial charge is 0.490 e. The van der Waals surface area contributed by atoms with Crippen molar-refractivity contribution in [2.45, 2.75) is 6.42 Å². The molecule has 1 fully saturated rings. The van der Waals surface area contributed by atoms with Gasteiger partial charge in [0.05, 0.1) is 13.2 Å². The minimum atomic E-state index is -5.63. The number of rotatable bonds is 9. The Hall–Kier alpha value is -1.21. The molecule has 2 unspecified atom stereocenters. The van der Waals surface area contributed by atoms with Crippen molar-refractivity contribution >= 4 is 35.5 Å². The summed E-state index contributed by atoms with van der Waals surface area (Å²) in [6.45, 7) is -1.26. The molecule has 0 saturated heterocycles. The van der Waals surface area contributed by atoms with E-state index in [1.807, 2.05) is 0 Å². The van der Waals surface area contributed by atoms with Crippen LogP contribution in [0.4, 0.5) is 5.82 Å². The van der Waals surface area contributed by atoms with E-state index < -0.39 is 47.8 Å². The summed E-state index contributed by atoms with van der Waals surface area (Å²) >= 11 is 0. The number of hydrogen-bond acceptors (Lipinski definition) is 10. The Labute approximate surface area is 156 Å². The zero-order valence-electron chi connectivity index (χ0n) is 13.8. The molecular formula is C10H16N3O12P3. The molecule has 0 bridgehead atoms. The molecule has 158 valence electrons. The summed E-state index contributed by atoms with van der Waals surface area (Å²) in [7, 11) is -16.4. The fourth-order valence-electron chi connectivity index (χ4n) is 2.05. The van der Waals surface area contributed by atoms with Gasteiger partial charge in [0.25, 0.3) is 0 Å². The first kappa shape index (κ1) is 23.1. The third-order valence-electron chi connectivity index (χ3n) is 3.45. The summed E-state index contributed by atoms with van der Waals surface area (Å²) in [5.41, 5.74) is 3.88. The fraction of sp³-hybridized carbons (Fsp3) is 0.400. The van der Waals surface area contributed by atoms with Crippen molar-refractivity contribution in [3.63, 3.8) is 0 Å². The van der Waals surface area contributed by atoms with Crippen molar-refractivity contribution in [1.82, 2.24) is 9.55 Å². The van der Waals surface area contributed by atoms with Crippen LogP contribution >= 0.6 is 23.5 Å². The van der Waals surface area contributed by atoms with Crippen LogP contribution < -0.4 is 11.4 Å². The molecule has 0 aliphatic heterocycles. The van der Waals surface area contributed by atoms with Crippen LogP contribution in [0.15, 0.2) is 22.6 Å². The van der Waals surface area contributed by atoms with Gasteiger partial charge in [-0.05, 0) is 18.1 Å². The first-order valence-electron chi connectivity index (χ1n) is 7.12. The van der Waals surface area contributed by atoms with Gasteiger partial charge in [0.15, 0.2) is 0 Å². The lowest BCUT2D eigenvalue weighted by Crippen LogP contribution is -2.20. The predicted octanol–water partition coefficient (Wildman–Crippen LogP) is -0.608. The maximum absolute atomic E-state index is 11.7. The molecule has 1 aromatic rings. The number of aromatic nitrogens is 2. The number of aliphatic hydroxyl groups excluding tert-OH is 1. The van der Waals surface area contributed by atoms with Crippen molar-refractivity contribution in [2.24, 2.45) is 5.41 Å². The van der Waals surface area contributed by atoms with Gasteiger partial charge in [0.2, 0.25) is 0 Å². The van der Waals surface area contributed by atoms with E-state index in [9.17, 15) is 28.5 Å². The fourth-order valence-corrected chi connectivity index (χ4v) is 5.16. The van der Waals surface area contributed by atoms with Gasteiger partial charge in [-0.15, -0.1) is 0 Å². The molecule has 1 saturated carbocycles. The smallest absolute Gasteiger partial charge is 0.395 e. The van der Waals surface area contributed by atoms with Crippen molar-refractivity contribution < 1.29 is 51.5 Å². The number of nitrogens with zero attached hydrogens (tertiary/aromatic N) is 2. The number of hydrogen-bond donors (Lipinski definition) is 6. The third kappa shape index (κ3) is 6.41. The Kier molecular flexibility index (Phi) is 6.51. The van der Waals surface area contributed by atoms with E-state index in [0.717, 1.165) is 4.57 Å². The van der Waals surface area contributed by atoms with E-state index >= 15 is 0 Å². The van der Waals surface area contributed by atoms with Crippen LogP contribution in [0.1, 0.15) is 6.42 Å². The minimum absolute atomic E-state index is 0.00322. The molecule has 0 radical (unpaired) electrons. The lowest BCUT2D eigenvalue weighted by molar-refractivity contribution is 0.119. The monoisotopic (exact) mass is 463 g/mol. The normalized spacial score (nSPS) is 25.2. The zero-order valence-corrected chi connectivity index (χ0v) is 16.4. The molecule has 1 heterocycles. The number of anilines is 1. The van der Waals surface area contributed by atoms with Crippen LogP contribution in [0, 0.1) is 5.41 Å². The summed E-state index contributed by atoms with van der Waals surface area (Å²) in [6, 6.07) is 1.34. The number of nitrogens with two attached hydrogens (primary N) is 1. The van der Waals surface area contributed by atoms with Gasteiger partial charge in [-0.3, -0.25) is 9.09 Å². The Morgan fingerprint density at radius 2 is 1.86 bits per heavy atom. The Morgan fingerprint density at radius 3 is 2.39 bits per heavy atom. The maximum atomic E-state index is 11.7. The van der Waals surface area contributed by atoms with Crippen LogP contribution in [0.5, 0.6) is 0 Å². The molecule has 28 heavy (non-hydrogen) atoms. The lowest BCUT2D eigenvalue weighted by atomic mass is 10.1. The number of phosphoric ester groups is 1. The predicted molar refractivity (Wildman–Crippen MR) is 91.1 cm³/mol. The van der Waals surface area contributed by atoms with Crippen LogP contribution in [-0.4, -0.2) is 47.4 Å². The summed E-state index contributed by atoms with van der Waals surface area (Å²) in [5, 5.41) is 9.51. The second kappa shape index (κ2) is 7.90. The molecule has 3 atom stereocenters. The van der Waals surface area contributed by atoms with Crippen LogP contribution in [0.25, 0.3) is 6.20 Å². The van der Waals surface area contributed by atoms with Gasteiger partial charge in [-0.25, -0.2) is 18.5 Å². The Bertz CT molecular complexity index is 985. The zero-order chi connectivity index (χ0) is 21.4. The molecule has 0 spiro atoms. The van der Waals surface area contributed by atoms with Crippen LogP contribution in [0.3, 0.4) is 0 Å². The number of aliphatic hydroxyl groups is 1. The maximum Gasteiger partial charge on any atom is 0.490 e. The SMILES string of the molecule is Nc1ccn(/C=C2/C[C@]2(CO)COP(=O)(O)OP(=O)(O)OP(=O)(O)O)c(=O)n1. The molecule has 18 heteroatoms. The van der Waals surface area contributed by atoms with Gasteiger partial charge in [0.1, 0.15) is 5.82 Å². The van der Waals surface area contributed by atoms with Crippen molar-refractivity contribution in [1.29, 1.82) is 0 Å². The van der Waals surface area contributed by atoms with Gasteiger partial charge >= 0.3 is 29.2 Å². The average molecular weight is 463 g/mol. The quantitative estimate of drug-likeness (QED) is 0.250. The third-order valence-corrected chi connectivity index (χ3v) is 7.24. The van der Waals surface area contributed by atoms with E-state index in [0.29, 0.717) is 5.57 Å². The molecule has 15 nitrogen and oxygen atoms in total. The molecule has 0 amide bonds. The molecule has 2 rings (SSSR count). The number of nitrogen functional groups attached to an aromatic ring is 1. The van der Waals surface area contributed by atoms with Gasteiger partial charge in [-0.2, -0.15) is 13.6 Å². The Morgan fingerprint density at radius 1 is 1.21 bits per heavy atom. The summed E-state index contributed by atoms with van der Waals surface area (Å²) < 4.78 is 46.3. The molecule has 0 aromatic carbocycles. The van der Waals surface area contributed by atoms with Crippen LogP contribution in [0.2, 0.25) is 0 Å². The summed E-state index contributed by atoms with van der Waals surface area (Å²) in [4.78, 5) is 50.6. The highest BCUT2D eigenvalue weighted by atomic mass is 31.3. The van der Waals surface area contributed by atoms with Crippen LogP contribution in [-0.2, 0) is 26.8 Å². The van der Waals surface area contributed by atoms with Gasteiger partial charge < -0.3 is 30.4 Å². The van der Waals surface area contributed by atoms with Crippen molar-refractivity contribution in [2.75, 3.05) is 18.9 Å². The molecule has 1 aliphatic carbocycles. The van der Waals surface area contributed by atoms with Crippen molar-refractivity contribution in [3.05, 3.63) is 28.3 Å². The topological polar surface area (TPSA) is 241 Å². The van der Waals surface area contributed by atoms with E-state index in [-0.39, 0.29) is 12.2 Å². The summed E-state index contributed by atoms with van der Waals surface area (Å²) in [6.07, 6.45) is 2.74. The highest BCUT2D eigenvalue weighted by molar-refractivity contribution is 7.66. The first-order chi connectivity index (χ1) is 12.7. The van der Waals surface area contributed by atoms with E-state index in [1.54, 1.807) is 0 Å². The van der Waals surface area contributed by atoms with E-state index in [4.69, 9.17) is 20.4 Å². The lowest BCUT2D eigenvalue weighted by Gasteiger charge is -2.18. The minimum Gasteiger partial charge on any atom is -0.395 e. The second-order valence-electron chi connectivity index (χ2n) is 5.68. The second-order valence-corrected chi connectivity index (χ2v) is 10.1. The van der Waals surface area contributed by atoms with Crippen molar-refractivity contribution in [3.8, 4) is 0 Å². The Balaban J connectivity index is 2.07. The van der Waals surface area contributed by atoms with E-state index in [1.165, 1.54) is 18.5 Å². The van der Waals surface area contributed by atoms with E-state index in [2.05, 4.69) is 18.1 Å². The summed E-state index contributed by atoms with van der Waals surface area (Å²) in [5.74, 6) is -0.00322. The first-order valence-corrected chi connectivity index (χ1v) is 11.6. The van der Waals surface area contributed by atoms with Gasteiger partial charge in [-0.1, -0.05) is 0 Å². The number of phosphoric acid groups is 3. The molecule has 1 aromatic heterocycles. The highest BCUT2D eigenvalue weighted by Crippen LogP contribution is 2.67. The standard InChI is InChI=1S/C10H16N3O12P3/c11-8-1-2-13(9(15)12-8)4-7-3-10(7,5-14)6-23-27(19,20)25-28(21,22)24-26(16,17)18/h1-2,4,14H,3,5-6H2,(H,19,20)(H,21,22)(H2,11,12,15)(H2,16,17,18)/b7-4-/t10-/m0/s1. The molecular weight excluding hydrogens is 447 g/mol. The average Bonchev–Trinajstić information content (AvgIpc) is 3.18. The highest BCUT2D eigenvalue weighted by Gasteiger charge is 2.51. The van der Waals surface area contributed by atoms with Gasteiger partial charge in [0, 0.05) is 17.8 Å².